The quantitative estimate of drug-likeness (QED) is 0.0343. The second kappa shape index (κ2) is 48.5. The highest BCUT2D eigenvalue weighted by Crippen LogP contribution is 2.35. The Balaban J connectivity index is 0.000000164. The molecule has 15 rings (SSSR count). The molecule has 0 fully saturated rings. The van der Waals surface area contributed by atoms with Gasteiger partial charge in [0, 0.05) is 75.1 Å². The lowest BCUT2D eigenvalue weighted by Crippen LogP contribution is -2.30. The summed E-state index contributed by atoms with van der Waals surface area (Å²) in [5, 5.41) is 22.3. The minimum Gasteiger partial charge on any atom is -0.494 e. The van der Waals surface area contributed by atoms with Crippen molar-refractivity contribution in [2.24, 2.45) is 0 Å². The lowest BCUT2D eigenvalue weighted by molar-refractivity contribution is -0.137. The number of carbonyl (C=O) groups is 5. The van der Waals surface area contributed by atoms with Crippen LogP contribution in [0.1, 0.15) is 122 Å². The zero-order valence-corrected chi connectivity index (χ0v) is 71.0. The van der Waals surface area contributed by atoms with Gasteiger partial charge in [-0.1, -0.05) is 232 Å². The van der Waals surface area contributed by atoms with Crippen LogP contribution in [0.15, 0.2) is 310 Å². The molecular formula is C107H111N7O11. The number of unbranched alkanes of at least 4 members (excludes halogenated alkanes) is 1. The van der Waals surface area contributed by atoms with Gasteiger partial charge in [0.05, 0.1) is 48.5 Å². The number of benzene rings is 12. The number of para-hydroxylation sites is 2. The molecule has 0 aliphatic rings. The van der Waals surface area contributed by atoms with E-state index in [4.69, 9.17) is 23.7 Å². The number of amides is 2. The molecule has 18 nitrogen and oxygen atoms in total. The number of aryl methyl sites for hydroxylation is 3. The number of ketones is 2. The number of rotatable bonds is 38. The lowest BCUT2D eigenvalue weighted by atomic mass is 9.91. The molecule has 0 spiro atoms. The van der Waals surface area contributed by atoms with Gasteiger partial charge in [0.1, 0.15) is 72.3 Å². The Morgan fingerprint density at radius 3 is 1.42 bits per heavy atom. The highest BCUT2D eigenvalue weighted by molar-refractivity contribution is 6.01. The summed E-state index contributed by atoms with van der Waals surface area (Å²) in [4.78, 5) is 76.8. The monoisotopic (exact) mass is 1670 g/mol. The third kappa shape index (κ3) is 29.6. The Kier molecular flexibility index (Phi) is 35.5. The van der Waals surface area contributed by atoms with Crippen molar-refractivity contribution in [3.63, 3.8) is 0 Å². The van der Waals surface area contributed by atoms with Gasteiger partial charge in [-0.05, 0) is 204 Å². The predicted octanol–water partition coefficient (Wildman–Crippen LogP) is 21.9. The molecule has 125 heavy (non-hydrogen) atoms. The van der Waals surface area contributed by atoms with Crippen LogP contribution in [0, 0.1) is 0 Å². The van der Waals surface area contributed by atoms with E-state index in [1.165, 1.54) is 23.0 Å². The summed E-state index contributed by atoms with van der Waals surface area (Å²) in [5.74, 6) is 4.54. The van der Waals surface area contributed by atoms with Crippen molar-refractivity contribution in [2.75, 3.05) is 40.4 Å². The third-order valence-corrected chi connectivity index (χ3v) is 21.1. The van der Waals surface area contributed by atoms with Gasteiger partial charge in [-0.3, -0.25) is 19.5 Å². The summed E-state index contributed by atoms with van der Waals surface area (Å²) in [6.45, 7) is 7.03. The van der Waals surface area contributed by atoms with Gasteiger partial charge in [0.2, 0.25) is 11.8 Å². The number of likely N-dealkylation sites (N-methyl/N-ethyl adjacent to an activating group) is 2. The first kappa shape index (κ1) is 91.6. The van der Waals surface area contributed by atoms with Crippen LogP contribution in [0.5, 0.6) is 28.7 Å². The maximum absolute atomic E-state index is 13.3. The van der Waals surface area contributed by atoms with Gasteiger partial charge < -0.3 is 48.2 Å². The Bertz CT molecular complexity index is 5920. The SMILES string of the molecule is C.CC(=O)CCCCc1cc(CC(=O)N(C)CCc2ccccc2)c2cccc(OCc3ccccc3)c2c1.CC(=O)CCCOc1ccc(OCc2ccc3ccccc3n2)cc1.CN(CCc1ccccc1)C(=O)Cc1cc(CCC(=O)O)cc2c(-c3ccccc3)cccc12.c1cc(OCCCc2ncn[nH]2)cc(OCc2ccc3ccccc3n2)c1. The number of ether oxygens (including phenoxy) is 5. The molecule has 0 atom stereocenters. The number of hydrogen-bond donors (Lipinski definition) is 2. The minimum atomic E-state index is -0.824. The highest BCUT2D eigenvalue weighted by atomic mass is 16.5. The van der Waals surface area contributed by atoms with E-state index in [0.717, 1.165) is 174 Å². The number of carbonyl (C=O) groups excluding carboxylic acids is 4. The first-order valence-electron chi connectivity index (χ1n) is 42.4. The van der Waals surface area contributed by atoms with Crippen LogP contribution in [-0.2, 0) is 88.7 Å². The molecule has 15 aromatic rings. The van der Waals surface area contributed by atoms with E-state index in [1.807, 2.05) is 219 Å². The molecule has 2 amide bonds. The van der Waals surface area contributed by atoms with Gasteiger partial charge in [-0.15, -0.1) is 0 Å². The number of aromatic nitrogens is 5. The van der Waals surface area contributed by atoms with Crippen molar-refractivity contribution < 1.29 is 52.8 Å². The first-order chi connectivity index (χ1) is 60.6. The first-order valence-corrected chi connectivity index (χ1v) is 42.4. The van der Waals surface area contributed by atoms with E-state index < -0.39 is 5.97 Å². The van der Waals surface area contributed by atoms with Crippen molar-refractivity contribution >= 4 is 72.7 Å². The Labute approximate surface area is 733 Å². The number of pyridine rings is 2. The van der Waals surface area contributed by atoms with Crippen LogP contribution in [-0.4, -0.2) is 110 Å². The fourth-order valence-corrected chi connectivity index (χ4v) is 14.3. The molecular weight excluding hydrogens is 1560 g/mol. The molecule has 0 aliphatic heterocycles. The van der Waals surface area contributed by atoms with Crippen molar-refractivity contribution in [1.29, 1.82) is 0 Å². The van der Waals surface area contributed by atoms with E-state index in [1.54, 1.807) is 18.7 Å². The van der Waals surface area contributed by atoms with E-state index in [0.29, 0.717) is 71.8 Å². The maximum atomic E-state index is 13.3. The predicted molar refractivity (Wildman–Crippen MR) is 499 cm³/mol. The molecule has 18 heteroatoms. The van der Waals surface area contributed by atoms with E-state index >= 15 is 0 Å². The lowest BCUT2D eigenvalue weighted by Gasteiger charge is -2.19. The minimum absolute atomic E-state index is 0. The van der Waals surface area contributed by atoms with Crippen LogP contribution in [0.3, 0.4) is 0 Å². The maximum Gasteiger partial charge on any atom is 0.303 e. The van der Waals surface area contributed by atoms with Crippen molar-refractivity contribution in [1.82, 2.24) is 34.9 Å². The molecule has 0 saturated heterocycles. The number of carboxylic acids is 1. The average molecular weight is 1670 g/mol. The zero-order chi connectivity index (χ0) is 86.5. The molecule has 0 saturated carbocycles. The fourth-order valence-electron chi connectivity index (χ4n) is 14.3. The molecule has 2 N–H and O–H groups in total. The summed E-state index contributed by atoms with van der Waals surface area (Å²) < 4.78 is 29.3. The van der Waals surface area contributed by atoms with Crippen LogP contribution < -0.4 is 23.7 Å². The average Bonchev–Trinajstić information content (AvgIpc) is 0.814. The molecule has 3 aromatic heterocycles. The Hall–Kier alpha value is -14.1. The number of fused-ring (bicyclic) bond motifs is 4. The fraction of sp³-hybridized carbons (Fsp3) is 0.243. The van der Waals surface area contributed by atoms with Gasteiger partial charge in [0.15, 0.2) is 0 Å². The largest absolute Gasteiger partial charge is 0.494 e. The molecule has 0 aliphatic carbocycles. The summed E-state index contributed by atoms with van der Waals surface area (Å²) in [6.07, 6.45) is 10.5. The highest BCUT2D eigenvalue weighted by Gasteiger charge is 2.19. The molecule has 3 heterocycles. The number of hydrogen-bond acceptors (Lipinski definition) is 14. The number of Topliss-reactive ketones (excluding diaryl/α,β-unsaturated/α-hetero) is 2. The molecule has 0 unspecified atom stereocenters. The summed E-state index contributed by atoms with van der Waals surface area (Å²) in [7, 11) is 3.73. The van der Waals surface area contributed by atoms with Crippen molar-refractivity contribution in [3.05, 3.63) is 366 Å². The van der Waals surface area contributed by atoms with Crippen LogP contribution in [0.25, 0.3) is 54.5 Å². The molecule has 12 aromatic carbocycles. The number of nitrogens with zero attached hydrogens (tertiary/aromatic N) is 6. The Morgan fingerprint density at radius 2 is 0.856 bits per heavy atom. The van der Waals surface area contributed by atoms with Gasteiger partial charge in [-0.2, -0.15) is 5.10 Å². The number of aromatic amines is 1. The normalized spacial score (nSPS) is 10.7. The van der Waals surface area contributed by atoms with Crippen molar-refractivity contribution in [2.45, 2.75) is 131 Å². The standard InChI is InChI=1S/C34H37NO3.C30H29NO3.C21H20N4O2.C21H21NO3.CH4/c1-26(36)12-9-10-17-29-22-30(24-34(37)35(2)21-20-27-13-5-3-6-14-27)31-18-11-19-33(32(31)23-29)38-25-28-15-7-4-8-16-28;1-31(18-17-22-9-4-2-5-10-22)29(32)21-25-19-23(15-16-30(33)34)20-28-26(13-8-14-27(25)28)24-11-6-3-7-12-24;1-2-8-20-16(5-1)10-11-17(24-20)14-27-19-7-3-6-18(13-19)26-12-4-9-21-22-15-23-25-21;1-16(23)5-4-14-24-19-10-12-20(13-11-19)25-15-18-9-8-17-6-2-3-7-21(17)22-18;/h3-8,11,13-16,18-19,22-23H,9-10,12,17,20-21,24-25H2,1-2H3;2-14,19-20H,15-18,21H2,1H3,(H,33,34);1-3,5-8,10-11,13,15H,4,9,12,14H2,(H,22,23,25);2-3,6-13H,4-5,14-15H2,1H3;1H4. The summed E-state index contributed by atoms with van der Waals surface area (Å²) in [5.41, 5.74) is 13.5. The van der Waals surface area contributed by atoms with Gasteiger partial charge >= 0.3 is 5.97 Å². The number of nitrogens with one attached hydrogen (secondary N) is 1. The second-order valence-corrected chi connectivity index (χ2v) is 30.7. The summed E-state index contributed by atoms with van der Waals surface area (Å²) >= 11 is 0. The number of aliphatic carboxylic acids is 1. The van der Waals surface area contributed by atoms with Crippen molar-refractivity contribution in [3.8, 4) is 39.9 Å². The van der Waals surface area contributed by atoms with Gasteiger partial charge in [0.25, 0.3) is 0 Å². The van der Waals surface area contributed by atoms with Crippen LogP contribution in [0.2, 0.25) is 0 Å². The van der Waals surface area contributed by atoms with Crippen LogP contribution in [0.4, 0.5) is 0 Å². The van der Waals surface area contributed by atoms with Crippen LogP contribution >= 0.6 is 0 Å². The molecule has 0 bridgehead atoms. The third-order valence-electron chi connectivity index (χ3n) is 21.1. The molecule has 0 radical (unpaired) electrons. The van der Waals surface area contributed by atoms with Gasteiger partial charge in [-0.25, -0.2) is 15.0 Å². The molecule has 640 valence electrons. The second-order valence-electron chi connectivity index (χ2n) is 30.7. The Morgan fingerprint density at radius 1 is 0.376 bits per heavy atom. The zero-order valence-electron chi connectivity index (χ0n) is 71.0. The topological polar surface area (TPSA) is 226 Å². The summed E-state index contributed by atoms with van der Waals surface area (Å²) in [6, 6.07) is 101. The smallest absolute Gasteiger partial charge is 0.303 e. The van der Waals surface area contributed by atoms with E-state index in [2.05, 4.69) is 128 Å². The number of H-pyrrole nitrogens is 1. The van der Waals surface area contributed by atoms with E-state index in [9.17, 15) is 29.1 Å². The number of carboxylic acid groups (broad SMARTS) is 1. The van der Waals surface area contributed by atoms with E-state index in [-0.39, 0.29) is 43.6 Å².